The highest BCUT2D eigenvalue weighted by atomic mass is 15.3. The molecule has 0 unspecified atom stereocenters. The highest BCUT2D eigenvalue weighted by Gasteiger charge is 2.12. The monoisotopic (exact) mass is 325 g/mol. The predicted molar refractivity (Wildman–Crippen MR) is 96.8 cm³/mol. The molecule has 1 aliphatic heterocycles. The van der Waals surface area contributed by atoms with Crippen LogP contribution in [-0.2, 0) is 13.0 Å². The van der Waals surface area contributed by atoms with Crippen LogP contribution in [-0.4, -0.2) is 25.8 Å². The molecule has 2 aromatic carbocycles. The molecule has 0 aliphatic carbocycles. The number of aromatic nitrogens is 4. The van der Waals surface area contributed by atoms with Crippen LogP contribution in [0.3, 0.4) is 0 Å². The average Bonchev–Trinajstić information content (AvgIpc) is 3.27. The first-order valence-electron chi connectivity index (χ1n) is 8.24. The van der Waals surface area contributed by atoms with E-state index in [1.807, 2.05) is 42.7 Å². The Bertz CT molecular complexity index is 1100. The minimum absolute atomic E-state index is 0.698. The Hall–Kier alpha value is -3.34. The van der Waals surface area contributed by atoms with Crippen molar-refractivity contribution in [3.8, 4) is 11.3 Å². The number of hydrogen-bond acceptors (Lipinski definition) is 4. The van der Waals surface area contributed by atoms with Gasteiger partial charge in [-0.1, -0.05) is 48.5 Å². The van der Waals surface area contributed by atoms with E-state index >= 15 is 0 Å². The van der Waals surface area contributed by atoms with Gasteiger partial charge in [0.15, 0.2) is 11.5 Å². The molecule has 5 rings (SSSR count). The molecule has 0 spiro atoms. The van der Waals surface area contributed by atoms with Gasteiger partial charge in [-0.25, -0.2) is 9.50 Å². The molecule has 5 nitrogen and oxygen atoms in total. The van der Waals surface area contributed by atoms with Gasteiger partial charge in [0, 0.05) is 30.6 Å². The number of aliphatic imine (C=N–C) groups is 1. The van der Waals surface area contributed by atoms with Crippen LogP contribution < -0.4 is 0 Å². The predicted octanol–water partition coefficient (Wildman–Crippen LogP) is 3.31. The second-order valence-electron chi connectivity index (χ2n) is 6.12. The molecule has 0 fully saturated rings. The summed E-state index contributed by atoms with van der Waals surface area (Å²) in [6, 6.07) is 16.5. The summed E-state index contributed by atoms with van der Waals surface area (Å²) in [5.74, 6) is 0.795. The van der Waals surface area contributed by atoms with E-state index in [0.29, 0.717) is 6.42 Å². The number of fused-ring (bicyclic) bond motifs is 2. The smallest absolute Gasteiger partial charge is 0.181 e. The van der Waals surface area contributed by atoms with Crippen molar-refractivity contribution in [3.63, 3.8) is 0 Å². The van der Waals surface area contributed by atoms with Gasteiger partial charge in [0.2, 0.25) is 0 Å². The lowest BCUT2D eigenvalue weighted by molar-refractivity contribution is 0.893. The zero-order chi connectivity index (χ0) is 16.6. The summed E-state index contributed by atoms with van der Waals surface area (Å²) in [6.45, 7) is 0.768. The number of rotatable bonds is 3. The molecule has 1 aliphatic rings. The van der Waals surface area contributed by atoms with Gasteiger partial charge in [-0.05, 0) is 16.7 Å². The average molecular weight is 325 g/mol. The summed E-state index contributed by atoms with van der Waals surface area (Å²) in [7, 11) is 0. The van der Waals surface area contributed by atoms with E-state index in [2.05, 4.69) is 33.3 Å². The topological polar surface area (TPSA) is 55.4 Å². The van der Waals surface area contributed by atoms with E-state index in [1.165, 1.54) is 16.7 Å². The lowest BCUT2D eigenvalue weighted by Crippen LogP contribution is -1.94. The van der Waals surface area contributed by atoms with Gasteiger partial charge < -0.3 is 0 Å². The Morgan fingerprint density at radius 2 is 1.96 bits per heavy atom. The van der Waals surface area contributed by atoms with Crippen molar-refractivity contribution >= 4 is 11.9 Å². The van der Waals surface area contributed by atoms with Crippen molar-refractivity contribution in [1.29, 1.82) is 0 Å². The van der Waals surface area contributed by atoms with Crippen LogP contribution in [0.15, 0.2) is 65.9 Å². The minimum Gasteiger partial charge on any atom is -0.288 e. The van der Waals surface area contributed by atoms with E-state index in [9.17, 15) is 0 Å². The molecule has 0 atom stereocenters. The van der Waals surface area contributed by atoms with E-state index in [4.69, 9.17) is 4.98 Å². The second-order valence-corrected chi connectivity index (χ2v) is 6.12. The molecule has 120 valence electrons. The number of hydrogen-bond donors (Lipinski definition) is 0. The van der Waals surface area contributed by atoms with Crippen molar-refractivity contribution in [3.05, 3.63) is 83.4 Å². The lowest BCUT2D eigenvalue weighted by Gasteiger charge is -2.01. The standard InChI is InChI=1S/C20H15N5/c1-2-4-15(5-3-1)19-20-23-18(24-25(20)9-8-22-19)11-14-6-7-16-12-21-13-17(16)10-14/h1-10,12H,11,13H2. The van der Waals surface area contributed by atoms with Gasteiger partial charge in [-0.3, -0.25) is 9.98 Å². The Morgan fingerprint density at radius 3 is 2.88 bits per heavy atom. The third-order valence-electron chi connectivity index (χ3n) is 4.41. The third kappa shape index (κ3) is 2.50. The largest absolute Gasteiger partial charge is 0.288 e. The zero-order valence-corrected chi connectivity index (χ0v) is 13.5. The number of benzene rings is 2. The zero-order valence-electron chi connectivity index (χ0n) is 13.5. The van der Waals surface area contributed by atoms with Crippen molar-refractivity contribution < 1.29 is 0 Å². The summed E-state index contributed by atoms with van der Waals surface area (Å²) in [5.41, 5.74) is 6.36. The van der Waals surface area contributed by atoms with E-state index in [1.54, 1.807) is 10.7 Å². The molecule has 25 heavy (non-hydrogen) atoms. The molecule has 0 saturated carbocycles. The number of nitrogens with zero attached hydrogens (tertiary/aromatic N) is 5. The van der Waals surface area contributed by atoms with Gasteiger partial charge in [-0.15, -0.1) is 0 Å². The summed E-state index contributed by atoms with van der Waals surface area (Å²) >= 11 is 0. The van der Waals surface area contributed by atoms with Gasteiger partial charge in [0.1, 0.15) is 5.69 Å². The Morgan fingerprint density at radius 1 is 1.04 bits per heavy atom. The Labute approximate surface area is 144 Å². The third-order valence-corrected chi connectivity index (χ3v) is 4.41. The maximum atomic E-state index is 4.74. The fraction of sp³-hybridized carbons (Fsp3) is 0.100. The van der Waals surface area contributed by atoms with Crippen molar-refractivity contribution in [2.75, 3.05) is 0 Å². The second kappa shape index (κ2) is 5.63. The molecule has 0 radical (unpaired) electrons. The Kier molecular flexibility index (Phi) is 3.16. The first-order valence-corrected chi connectivity index (χ1v) is 8.24. The normalized spacial score (nSPS) is 12.6. The summed E-state index contributed by atoms with van der Waals surface area (Å²) in [6.07, 6.45) is 6.23. The van der Waals surface area contributed by atoms with E-state index in [0.717, 1.165) is 29.3 Å². The fourth-order valence-corrected chi connectivity index (χ4v) is 3.19. The van der Waals surface area contributed by atoms with Crippen LogP contribution >= 0.6 is 0 Å². The molecule has 5 heteroatoms. The maximum absolute atomic E-state index is 4.74. The summed E-state index contributed by atoms with van der Waals surface area (Å²) in [5, 5.41) is 4.62. The molecule has 0 bridgehead atoms. The van der Waals surface area contributed by atoms with Crippen LogP contribution in [0.2, 0.25) is 0 Å². The van der Waals surface area contributed by atoms with E-state index in [-0.39, 0.29) is 0 Å². The van der Waals surface area contributed by atoms with Gasteiger partial charge in [0.25, 0.3) is 0 Å². The minimum atomic E-state index is 0.698. The van der Waals surface area contributed by atoms with Gasteiger partial charge in [0.05, 0.1) is 6.54 Å². The van der Waals surface area contributed by atoms with Crippen molar-refractivity contribution in [1.82, 2.24) is 19.6 Å². The Balaban J connectivity index is 1.53. The molecular formula is C20H15N5. The first-order chi connectivity index (χ1) is 12.4. The quantitative estimate of drug-likeness (QED) is 0.580. The van der Waals surface area contributed by atoms with Crippen LogP contribution in [0, 0.1) is 0 Å². The molecule has 0 amide bonds. The van der Waals surface area contributed by atoms with Crippen LogP contribution in [0.4, 0.5) is 0 Å². The molecule has 0 saturated heterocycles. The van der Waals surface area contributed by atoms with Crippen molar-refractivity contribution in [2.45, 2.75) is 13.0 Å². The highest BCUT2D eigenvalue weighted by Crippen LogP contribution is 2.22. The molecule has 2 aromatic heterocycles. The van der Waals surface area contributed by atoms with Gasteiger partial charge >= 0.3 is 0 Å². The maximum Gasteiger partial charge on any atom is 0.181 e. The summed E-state index contributed by atoms with van der Waals surface area (Å²) in [4.78, 5) is 13.6. The summed E-state index contributed by atoms with van der Waals surface area (Å²) < 4.78 is 1.81. The highest BCUT2D eigenvalue weighted by molar-refractivity contribution is 5.84. The molecule has 4 aromatic rings. The van der Waals surface area contributed by atoms with Gasteiger partial charge in [-0.2, -0.15) is 5.10 Å². The van der Waals surface area contributed by atoms with E-state index < -0.39 is 0 Å². The van der Waals surface area contributed by atoms with Crippen LogP contribution in [0.5, 0.6) is 0 Å². The molecular weight excluding hydrogens is 310 g/mol. The fourth-order valence-electron chi connectivity index (χ4n) is 3.19. The van der Waals surface area contributed by atoms with Crippen LogP contribution in [0.1, 0.15) is 22.5 Å². The lowest BCUT2D eigenvalue weighted by atomic mass is 10.0. The van der Waals surface area contributed by atoms with Crippen molar-refractivity contribution in [2.24, 2.45) is 4.99 Å². The first kappa shape index (κ1) is 14.0. The molecule has 3 heterocycles. The molecule has 0 N–H and O–H groups in total. The van der Waals surface area contributed by atoms with Crippen LogP contribution in [0.25, 0.3) is 16.9 Å². The SMILES string of the molecule is C1=NCc2cc(Cc3nc4c(-c5ccccc5)nccn4n3)ccc21.